The van der Waals surface area contributed by atoms with Crippen molar-refractivity contribution in [2.24, 2.45) is 0 Å². The van der Waals surface area contributed by atoms with Crippen LogP contribution in [-0.2, 0) is 13.2 Å². The second-order valence-corrected chi connectivity index (χ2v) is 7.14. The van der Waals surface area contributed by atoms with E-state index in [1.807, 2.05) is 37.4 Å². The molecule has 3 aromatic heterocycles. The largest absolute Gasteiger partial charge is 0.288 e. The molecule has 0 unspecified atom stereocenters. The van der Waals surface area contributed by atoms with Gasteiger partial charge in [0.1, 0.15) is 13.0 Å². The topological polar surface area (TPSA) is 95.5 Å². The van der Waals surface area contributed by atoms with E-state index in [-0.39, 0.29) is 17.5 Å². The zero-order chi connectivity index (χ0) is 19.5. The maximum absolute atomic E-state index is 12.4. The van der Waals surface area contributed by atoms with Crippen LogP contribution in [0.5, 0.6) is 0 Å². The number of nitrogens with zero attached hydrogens (tertiary/aromatic N) is 7. The van der Waals surface area contributed by atoms with Crippen LogP contribution in [0.2, 0.25) is 0 Å². The Bertz CT molecular complexity index is 1110. The monoisotopic (exact) mass is 440 g/mol. The molecule has 4 rings (SSSR count). The summed E-state index contributed by atoms with van der Waals surface area (Å²) in [6, 6.07) is 9.71. The van der Waals surface area contributed by atoms with E-state index < -0.39 is 0 Å². The summed E-state index contributed by atoms with van der Waals surface area (Å²) in [5.41, 5.74) is 2.61. The van der Waals surface area contributed by atoms with E-state index >= 15 is 0 Å². The Balaban J connectivity index is 1.39. The highest BCUT2D eigenvalue weighted by atomic mass is 79.9. The maximum Gasteiger partial charge on any atom is 0.278 e. The van der Waals surface area contributed by atoms with Crippen LogP contribution in [0.1, 0.15) is 21.6 Å². The SMILES string of the molecule is Cc1ccccc1Cn1cnc(NC(=O)c2ccn(Cn3cc(Br)cn3)n2)n1. The van der Waals surface area contributed by atoms with Crippen molar-refractivity contribution in [2.75, 3.05) is 5.32 Å². The highest BCUT2D eigenvalue weighted by Gasteiger charge is 2.13. The molecular weight excluding hydrogens is 424 g/mol. The van der Waals surface area contributed by atoms with Crippen LogP contribution < -0.4 is 5.32 Å². The van der Waals surface area contributed by atoms with Gasteiger partial charge in [-0.1, -0.05) is 24.3 Å². The van der Waals surface area contributed by atoms with Crippen molar-refractivity contribution >= 4 is 27.8 Å². The molecule has 1 amide bonds. The third-order valence-corrected chi connectivity index (χ3v) is 4.53. The molecule has 9 nitrogen and oxygen atoms in total. The van der Waals surface area contributed by atoms with Gasteiger partial charge >= 0.3 is 0 Å². The smallest absolute Gasteiger partial charge is 0.278 e. The van der Waals surface area contributed by atoms with E-state index in [0.29, 0.717) is 13.2 Å². The van der Waals surface area contributed by atoms with Crippen LogP contribution in [-0.4, -0.2) is 40.2 Å². The first kappa shape index (κ1) is 18.1. The van der Waals surface area contributed by atoms with Crippen molar-refractivity contribution in [3.05, 3.63) is 76.5 Å². The number of hydrogen-bond donors (Lipinski definition) is 1. The van der Waals surface area contributed by atoms with Crippen LogP contribution in [0.3, 0.4) is 0 Å². The molecule has 0 bridgehead atoms. The minimum absolute atomic E-state index is 0.240. The molecule has 0 aliphatic heterocycles. The summed E-state index contributed by atoms with van der Waals surface area (Å²) >= 11 is 3.34. The first-order valence-corrected chi connectivity index (χ1v) is 9.33. The molecule has 0 saturated carbocycles. The Hall–Kier alpha value is -3.27. The standard InChI is InChI=1S/C18H17BrN8O/c1-13-4-2-3-5-14(13)9-26-11-20-18(24-26)22-17(28)16-6-7-25(23-16)12-27-10-15(19)8-21-27/h2-8,10-11H,9,12H2,1H3,(H,22,24,28). The van der Waals surface area contributed by atoms with Gasteiger partial charge in [0.05, 0.1) is 17.2 Å². The fourth-order valence-corrected chi connectivity index (χ4v) is 3.01. The number of carbonyl (C=O) groups is 1. The second kappa shape index (κ2) is 7.77. The van der Waals surface area contributed by atoms with Crippen molar-refractivity contribution in [1.29, 1.82) is 0 Å². The molecule has 0 atom stereocenters. The molecule has 0 aliphatic rings. The van der Waals surface area contributed by atoms with Gasteiger partial charge in [-0.25, -0.2) is 14.3 Å². The minimum atomic E-state index is -0.367. The van der Waals surface area contributed by atoms with Crippen molar-refractivity contribution in [3.8, 4) is 0 Å². The van der Waals surface area contributed by atoms with Crippen molar-refractivity contribution in [1.82, 2.24) is 34.3 Å². The second-order valence-electron chi connectivity index (χ2n) is 6.23. The Morgan fingerprint density at radius 3 is 2.79 bits per heavy atom. The fourth-order valence-electron chi connectivity index (χ4n) is 2.68. The lowest BCUT2D eigenvalue weighted by Gasteiger charge is -2.04. The highest BCUT2D eigenvalue weighted by Crippen LogP contribution is 2.10. The van der Waals surface area contributed by atoms with E-state index in [9.17, 15) is 4.79 Å². The summed E-state index contributed by atoms with van der Waals surface area (Å²) in [5.74, 6) is -0.127. The summed E-state index contributed by atoms with van der Waals surface area (Å²) in [6.45, 7) is 3.04. The number of rotatable bonds is 6. The molecule has 1 aromatic carbocycles. The van der Waals surface area contributed by atoms with Crippen LogP contribution in [0.25, 0.3) is 0 Å². The van der Waals surface area contributed by atoms with Crippen LogP contribution in [0.4, 0.5) is 5.95 Å². The lowest BCUT2D eigenvalue weighted by molar-refractivity contribution is 0.102. The van der Waals surface area contributed by atoms with Gasteiger partial charge in [-0.05, 0) is 40.0 Å². The van der Waals surface area contributed by atoms with E-state index in [2.05, 4.69) is 41.5 Å². The molecule has 0 aliphatic carbocycles. The summed E-state index contributed by atoms with van der Waals surface area (Å²) < 4.78 is 5.89. The quantitative estimate of drug-likeness (QED) is 0.496. The zero-order valence-corrected chi connectivity index (χ0v) is 16.6. The lowest BCUT2D eigenvalue weighted by atomic mass is 10.1. The predicted octanol–water partition coefficient (Wildman–Crippen LogP) is 2.55. The third kappa shape index (κ3) is 4.17. The first-order chi connectivity index (χ1) is 13.6. The van der Waals surface area contributed by atoms with Gasteiger partial charge < -0.3 is 0 Å². The molecule has 0 radical (unpaired) electrons. The number of nitrogens with one attached hydrogen (secondary N) is 1. The Kier molecular flexibility index (Phi) is 5.02. The summed E-state index contributed by atoms with van der Waals surface area (Å²) in [6.07, 6.45) is 6.83. The molecule has 3 heterocycles. The van der Waals surface area contributed by atoms with Crippen molar-refractivity contribution in [3.63, 3.8) is 0 Å². The van der Waals surface area contributed by atoms with Crippen molar-refractivity contribution in [2.45, 2.75) is 20.1 Å². The van der Waals surface area contributed by atoms with Gasteiger partial charge in [-0.2, -0.15) is 10.2 Å². The third-order valence-electron chi connectivity index (χ3n) is 4.12. The van der Waals surface area contributed by atoms with Gasteiger partial charge in [0.25, 0.3) is 5.91 Å². The number of anilines is 1. The molecule has 142 valence electrons. The summed E-state index contributed by atoms with van der Waals surface area (Å²) in [7, 11) is 0. The van der Waals surface area contributed by atoms with Gasteiger partial charge in [-0.15, -0.1) is 5.10 Å². The number of carbonyl (C=O) groups excluding carboxylic acids is 1. The molecule has 0 fully saturated rings. The first-order valence-electron chi connectivity index (χ1n) is 8.53. The highest BCUT2D eigenvalue weighted by molar-refractivity contribution is 9.10. The number of amides is 1. The predicted molar refractivity (Wildman–Crippen MR) is 106 cm³/mol. The lowest BCUT2D eigenvalue weighted by Crippen LogP contribution is -2.16. The van der Waals surface area contributed by atoms with Crippen molar-refractivity contribution < 1.29 is 4.79 Å². The number of aromatic nitrogens is 7. The number of benzene rings is 1. The number of halogens is 1. The molecule has 4 aromatic rings. The Labute approximate surface area is 169 Å². The average molecular weight is 441 g/mol. The molecule has 10 heteroatoms. The zero-order valence-electron chi connectivity index (χ0n) is 15.0. The van der Waals surface area contributed by atoms with Gasteiger partial charge in [-0.3, -0.25) is 14.8 Å². The van der Waals surface area contributed by atoms with E-state index in [0.717, 1.165) is 10.0 Å². The Morgan fingerprint density at radius 2 is 2.00 bits per heavy atom. The average Bonchev–Trinajstić information content (AvgIpc) is 3.40. The molecule has 0 saturated heterocycles. The van der Waals surface area contributed by atoms with Gasteiger partial charge in [0.15, 0.2) is 5.69 Å². The van der Waals surface area contributed by atoms with Crippen LogP contribution in [0.15, 0.2) is 59.7 Å². The summed E-state index contributed by atoms with van der Waals surface area (Å²) in [4.78, 5) is 16.6. The minimum Gasteiger partial charge on any atom is -0.288 e. The normalized spacial score (nSPS) is 10.9. The molecule has 28 heavy (non-hydrogen) atoms. The van der Waals surface area contributed by atoms with E-state index in [1.54, 1.807) is 38.8 Å². The van der Waals surface area contributed by atoms with E-state index in [1.165, 1.54) is 5.56 Å². The number of hydrogen-bond acceptors (Lipinski definition) is 5. The molecular formula is C18H17BrN8O. The van der Waals surface area contributed by atoms with Crippen LogP contribution >= 0.6 is 15.9 Å². The van der Waals surface area contributed by atoms with Gasteiger partial charge in [0.2, 0.25) is 5.95 Å². The van der Waals surface area contributed by atoms with Gasteiger partial charge in [0, 0.05) is 12.4 Å². The molecule has 1 N–H and O–H groups in total. The Morgan fingerprint density at radius 1 is 1.14 bits per heavy atom. The maximum atomic E-state index is 12.4. The summed E-state index contributed by atoms with van der Waals surface area (Å²) in [5, 5.41) is 15.4. The number of aryl methyl sites for hydroxylation is 1. The van der Waals surface area contributed by atoms with E-state index in [4.69, 9.17) is 0 Å². The molecule has 0 spiro atoms. The van der Waals surface area contributed by atoms with Crippen LogP contribution in [0, 0.1) is 6.92 Å². The fraction of sp³-hybridized carbons (Fsp3) is 0.167.